The summed E-state index contributed by atoms with van der Waals surface area (Å²) in [7, 11) is 0. The van der Waals surface area contributed by atoms with Gasteiger partial charge in [-0.25, -0.2) is 4.98 Å². The molecule has 0 saturated heterocycles. The van der Waals surface area contributed by atoms with E-state index in [4.69, 9.17) is 23.8 Å². The Hall–Kier alpha value is -2.44. The molecule has 3 rings (SSSR count). The van der Waals surface area contributed by atoms with Crippen LogP contribution in [0.1, 0.15) is 5.56 Å². The molecule has 0 unspecified atom stereocenters. The molecule has 1 aromatic heterocycles. The van der Waals surface area contributed by atoms with Crippen molar-refractivity contribution in [2.24, 2.45) is 0 Å². The first-order valence-electron chi connectivity index (χ1n) is 6.56. The van der Waals surface area contributed by atoms with E-state index in [2.05, 4.69) is 10.9 Å². The molecule has 0 fully saturated rings. The minimum absolute atomic E-state index is 0.446. The zero-order chi connectivity index (χ0) is 15.0. The standard InChI is InChI=1S/C17H14ClN3/c1-3-8-21-16-7-6-13(18)10-15(16)20-17(21)12-5-4-11(2)14(19)9-12/h1,4-7,9-10H,8,19H2,2H3. The van der Waals surface area contributed by atoms with Crippen LogP contribution in [0, 0.1) is 19.3 Å². The number of terminal acetylenes is 1. The highest BCUT2D eigenvalue weighted by atomic mass is 35.5. The normalized spacial score (nSPS) is 10.7. The maximum absolute atomic E-state index is 6.04. The number of anilines is 1. The zero-order valence-electron chi connectivity index (χ0n) is 11.6. The zero-order valence-corrected chi connectivity index (χ0v) is 12.4. The first kappa shape index (κ1) is 13.5. The number of aromatic nitrogens is 2. The third-order valence-corrected chi connectivity index (χ3v) is 3.73. The molecule has 2 aromatic carbocycles. The van der Waals surface area contributed by atoms with E-state index < -0.39 is 0 Å². The molecule has 3 aromatic rings. The highest BCUT2D eigenvalue weighted by Crippen LogP contribution is 2.28. The van der Waals surface area contributed by atoms with Crippen LogP contribution in [0.5, 0.6) is 0 Å². The lowest BCUT2D eigenvalue weighted by Crippen LogP contribution is -1.99. The van der Waals surface area contributed by atoms with Gasteiger partial charge in [0.1, 0.15) is 5.82 Å². The highest BCUT2D eigenvalue weighted by Gasteiger charge is 2.13. The first-order valence-corrected chi connectivity index (χ1v) is 6.93. The number of imidazole rings is 1. The van der Waals surface area contributed by atoms with Gasteiger partial charge in [-0.1, -0.05) is 29.7 Å². The number of nitrogens with zero attached hydrogens (tertiary/aromatic N) is 2. The summed E-state index contributed by atoms with van der Waals surface area (Å²) in [4.78, 5) is 4.66. The second-order valence-electron chi connectivity index (χ2n) is 4.93. The van der Waals surface area contributed by atoms with E-state index in [1.54, 1.807) is 0 Å². The van der Waals surface area contributed by atoms with Crippen molar-refractivity contribution in [3.63, 3.8) is 0 Å². The van der Waals surface area contributed by atoms with Crippen molar-refractivity contribution in [2.45, 2.75) is 13.5 Å². The largest absolute Gasteiger partial charge is 0.398 e. The third kappa shape index (κ3) is 2.35. The van der Waals surface area contributed by atoms with Gasteiger partial charge in [0.2, 0.25) is 0 Å². The van der Waals surface area contributed by atoms with Gasteiger partial charge in [-0.2, -0.15) is 0 Å². The Morgan fingerprint density at radius 3 is 2.81 bits per heavy atom. The maximum atomic E-state index is 6.04. The molecule has 1 heterocycles. The Labute approximate surface area is 128 Å². The molecule has 0 saturated carbocycles. The van der Waals surface area contributed by atoms with E-state index in [1.165, 1.54) is 0 Å². The van der Waals surface area contributed by atoms with E-state index in [1.807, 2.05) is 47.9 Å². The average Bonchev–Trinajstić information content (AvgIpc) is 2.80. The fourth-order valence-corrected chi connectivity index (χ4v) is 2.52. The molecule has 0 amide bonds. The van der Waals surface area contributed by atoms with Crippen molar-refractivity contribution in [3.05, 3.63) is 47.0 Å². The Bertz CT molecular complexity index is 872. The summed E-state index contributed by atoms with van der Waals surface area (Å²) < 4.78 is 2.00. The number of rotatable bonds is 2. The van der Waals surface area contributed by atoms with Gasteiger partial charge in [-0.3, -0.25) is 0 Å². The molecule has 0 aliphatic heterocycles. The number of hydrogen-bond donors (Lipinski definition) is 1. The van der Waals surface area contributed by atoms with Crippen molar-refractivity contribution in [1.82, 2.24) is 9.55 Å². The molecule has 21 heavy (non-hydrogen) atoms. The number of aryl methyl sites for hydroxylation is 1. The van der Waals surface area contributed by atoms with Gasteiger partial charge in [-0.15, -0.1) is 6.42 Å². The Morgan fingerprint density at radius 1 is 1.29 bits per heavy atom. The van der Waals surface area contributed by atoms with Crippen LogP contribution in [0.2, 0.25) is 5.02 Å². The topological polar surface area (TPSA) is 43.8 Å². The van der Waals surface area contributed by atoms with E-state index in [-0.39, 0.29) is 0 Å². The molecule has 0 aliphatic rings. The van der Waals surface area contributed by atoms with Crippen LogP contribution in [-0.2, 0) is 6.54 Å². The van der Waals surface area contributed by atoms with Gasteiger partial charge >= 0.3 is 0 Å². The highest BCUT2D eigenvalue weighted by molar-refractivity contribution is 6.31. The number of nitrogen functional groups attached to an aromatic ring is 1. The number of hydrogen-bond acceptors (Lipinski definition) is 2. The SMILES string of the molecule is C#CCn1c(-c2ccc(C)c(N)c2)nc2cc(Cl)ccc21. The van der Waals surface area contributed by atoms with Crippen molar-refractivity contribution in [2.75, 3.05) is 5.73 Å². The number of nitrogens with two attached hydrogens (primary N) is 1. The third-order valence-electron chi connectivity index (χ3n) is 3.50. The van der Waals surface area contributed by atoms with Crippen molar-refractivity contribution in [3.8, 4) is 23.7 Å². The van der Waals surface area contributed by atoms with Gasteiger partial charge in [0.05, 0.1) is 17.6 Å². The summed E-state index contributed by atoms with van der Waals surface area (Å²) in [5, 5.41) is 0.655. The van der Waals surface area contributed by atoms with Crippen LogP contribution >= 0.6 is 11.6 Å². The summed E-state index contributed by atoms with van der Waals surface area (Å²) in [5.41, 5.74) is 10.5. The summed E-state index contributed by atoms with van der Waals surface area (Å²) in [6.45, 7) is 2.42. The van der Waals surface area contributed by atoms with E-state index in [9.17, 15) is 0 Å². The molecule has 2 N–H and O–H groups in total. The molecule has 0 radical (unpaired) electrons. The predicted molar refractivity (Wildman–Crippen MR) is 88.2 cm³/mol. The van der Waals surface area contributed by atoms with Crippen LogP contribution in [0.15, 0.2) is 36.4 Å². The monoisotopic (exact) mass is 295 g/mol. The molecule has 4 heteroatoms. The van der Waals surface area contributed by atoms with Gasteiger partial charge in [0.25, 0.3) is 0 Å². The minimum Gasteiger partial charge on any atom is -0.398 e. The fourth-order valence-electron chi connectivity index (χ4n) is 2.35. The molecular weight excluding hydrogens is 282 g/mol. The van der Waals surface area contributed by atoms with Crippen molar-refractivity contribution in [1.29, 1.82) is 0 Å². The molecule has 0 bridgehead atoms. The Balaban J connectivity index is 2.27. The Kier molecular flexibility index (Phi) is 3.32. The van der Waals surface area contributed by atoms with Gasteiger partial charge < -0.3 is 10.3 Å². The number of fused-ring (bicyclic) bond motifs is 1. The van der Waals surface area contributed by atoms with E-state index in [0.717, 1.165) is 33.7 Å². The first-order chi connectivity index (χ1) is 10.1. The molecule has 0 spiro atoms. The average molecular weight is 296 g/mol. The van der Waals surface area contributed by atoms with E-state index in [0.29, 0.717) is 11.6 Å². The quantitative estimate of drug-likeness (QED) is 0.576. The molecule has 104 valence electrons. The van der Waals surface area contributed by atoms with Crippen LogP contribution in [0.25, 0.3) is 22.4 Å². The number of benzene rings is 2. The molecule has 3 nitrogen and oxygen atoms in total. The summed E-state index contributed by atoms with van der Waals surface area (Å²) >= 11 is 6.04. The van der Waals surface area contributed by atoms with Gasteiger partial charge in [0.15, 0.2) is 0 Å². The second kappa shape index (κ2) is 5.16. The van der Waals surface area contributed by atoms with Crippen molar-refractivity contribution < 1.29 is 0 Å². The van der Waals surface area contributed by atoms with Crippen LogP contribution < -0.4 is 5.73 Å². The number of halogens is 1. The lowest BCUT2D eigenvalue weighted by atomic mass is 10.1. The summed E-state index contributed by atoms with van der Waals surface area (Å²) in [6.07, 6.45) is 5.49. The van der Waals surface area contributed by atoms with Crippen molar-refractivity contribution >= 4 is 28.3 Å². The lowest BCUT2D eigenvalue weighted by molar-refractivity contribution is 0.882. The Morgan fingerprint density at radius 2 is 2.10 bits per heavy atom. The van der Waals surface area contributed by atoms with Crippen LogP contribution in [0.4, 0.5) is 5.69 Å². The van der Waals surface area contributed by atoms with Crippen LogP contribution in [-0.4, -0.2) is 9.55 Å². The predicted octanol–water partition coefficient (Wildman–Crippen LogP) is 3.88. The molecule has 0 atom stereocenters. The second-order valence-corrected chi connectivity index (χ2v) is 5.37. The summed E-state index contributed by atoms with van der Waals surface area (Å²) in [6, 6.07) is 11.5. The lowest BCUT2D eigenvalue weighted by Gasteiger charge is -2.07. The van der Waals surface area contributed by atoms with E-state index >= 15 is 0 Å². The van der Waals surface area contributed by atoms with Crippen LogP contribution in [0.3, 0.4) is 0 Å². The van der Waals surface area contributed by atoms with Gasteiger partial charge in [-0.05, 0) is 36.8 Å². The smallest absolute Gasteiger partial charge is 0.142 e. The molecule has 0 aliphatic carbocycles. The minimum atomic E-state index is 0.446. The maximum Gasteiger partial charge on any atom is 0.142 e. The molecular formula is C17H14ClN3. The summed E-state index contributed by atoms with van der Waals surface area (Å²) in [5.74, 6) is 3.47. The fraction of sp³-hybridized carbons (Fsp3) is 0.118. The van der Waals surface area contributed by atoms with Gasteiger partial charge in [0, 0.05) is 16.3 Å².